The van der Waals surface area contributed by atoms with Crippen LogP contribution in [-0.2, 0) is 17.9 Å². The summed E-state index contributed by atoms with van der Waals surface area (Å²) in [4.78, 5) is 26.5. The van der Waals surface area contributed by atoms with Gasteiger partial charge in [0.25, 0.3) is 5.91 Å². The normalized spacial score (nSPS) is 18.8. The van der Waals surface area contributed by atoms with E-state index in [9.17, 15) is 9.59 Å². The van der Waals surface area contributed by atoms with Crippen molar-refractivity contribution in [3.63, 3.8) is 0 Å². The fraction of sp³-hybridized carbons (Fsp3) is 0.462. The van der Waals surface area contributed by atoms with Crippen LogP contribution < -0.4 is 14.8 Å². The van der Waals surface area contributed by atoms with E-state index in [0.717, 1.165) is 25.2 Å². The van der Waals surface area contributed by atoms with Crippen molar-refractivity contribution in [3.8, 4) is 11.5 Å². The molecular weight excluding hydrogens is 404 g/mol. The van der Waals surface area contributed by atoms with Crippen LogP contribution in [0.2, 0.25) is 0 Å². The van der Waals surface area contributed by atoms with Gasteiger partial charge >= 0.3 is 0 Å². The number of amides is 1. The predicted octanol–water partition coefficient (Wildman–Crippen LogP) is 4.07. The Balaban J connectivity index is 1.55. The van der Waals surface area contributed by atoms with Crippen LogP contribution in [0.15, 0.2) is 42.5 Å². The first-order chi connectivity index (χ1) is 15.4. The topological polar surface area (TPSA) is 67.9 Å². The molecule has 0 aromatic heterocycles. The lowest BCUT2D eigenvalue weighted by Gasteiger charge is -2.35. The highest BCUT2D eigenvalue weighted by atomic mass is 16.5. The molecule has 1 aliphatic rings. The molecule has 2 aromatic carbocycles. The number of nitrogens with zero attached hydrogens (tertiary/aromatic N) is 1. The summed E-state index contributed by atoms with van der Waals surface area (Å²) in [6, 6.07) is 13.2. The smallest absolute Gasteiger partial charge is 0.258 e. The molecule has 1 saturated heterocycles. The molecule has 1 aliphatic heterocycles. The lowest BCUT2D eigenvalue weighted by molar-refractivity contribution is -0.123. The minimum Gasteiger partial charge on any atom is -0.493 e. The summed E-state index contributed by atoms with van der Waals surface area (Å²) in [7, 11) is 1.51. The number of hydrogen-bond donors (Lipinski definition) is 1. The number of hydrogen-bond acceptors (Lipinski definition) is 5. The van der Waals surface area contributed by atoms with Gasteiger partial charge in [-0.25, -0.2) is 0 Å². The monoisotopic (exact) mass is 438 g/mol. The minimum absolute atomic E-state index is 0.0558. The second-order valence-electron chi connectivity index (χ2n) is 8.90. The molecule has 1 amide bonds. The average molecular weight is 439 g/mol. The molecule has 172 valence electrons. The molecule has 6 heteroatoms. The molecule has 2 unspecified atom stereocenters. The maximum Gasteiger partial charge on any atom is 0.258 e. The van der Waals surface area contributed by atoms with Gasteiger partial charge in [-0.2, -0.15) is 0 Å². The van der Waals surface area contributed by atoms with Crippen LogP contribution in [0.1, 0.15) is 48.7 Å². The van der Waals surface area contributed by atoms with E-state index in [0.29, 0.717) is 35.4 Å². The summed E-state index contributed by atoms with van der Waals surface area (Å²) in [6.45, 7) is 9.59. The number of likely N-dealkylation sites (tertiary alicyclic amines) is 1. The first-order valence-electron chi connectivity index (χ1n) is 11.2. The predicted molar refractivity (Wildman–Crippen MR) is 125 cm³/mol. The number of ether oxygens (including phenoxy) is 2. The first-order valence-corrected chi connectivity index (χ1v) is 11.2. The van der Waals surface area contributed by atoms with Crippen molar-refractivity contribution in [3.05, 3.63) is 59.2 Å². The number of Topliss-reactive ketones (excluding diaryl/α,β-unsaturated/α-hetero) is 1. The quantitative estimate of drug-likeness (QED) is 0.598. The van der Waals surface area contributed by atoms with Gasteiger partial charge in [-0.15, -0.1) is 0 Å². The van der Waals surface area contributed by atoms with Gasteiger partial charge in [0.15, 0.2) is 23.9 Å². The Bertz CT molecular complexity index is 933. The van der Waals surface area contributed by atoms with E-state index >= 15 is 0 Å². The van der Waals surface area contributed by atoms with Crippen molar-refractivity contribution in [2.24, 2.45) is 11.8 Å². The van der Waals surface area contributed by atoms with E-state index in [1.54, 1.807) is 18.2 Å². The number of methoxy groups -OCH3 is 1. The van der Waals surface area contributed by atoms with E-state index in [1.807, 2.05) is 6.07 Å². The third kappa shape index (κ3) is 6.57. The molecule has 32 heavy (non-hydrogen) atoms. The van der Waals surface area contributed by atoms with Crippen molar-refractivity contribution in [2.75, 3.05) is 26.8 Å². The van der Waals surface area contributed by atoms with E-state index in [2.05, 4.69) is 42.3 Å². The first kappa shape index (κ1) is 23.8. The maximum absolute atomic E-state index is 12.4. The standard InChI is InChI=1S/C26H34N2O4/c1-18-11-19(2)15-28(14-18)16-23-8-6-5-7-22(23)13-27-26(30)17-32-24-10-9-21(20(3)29)12-25(24)31-4/h5-10,12,18-19H,11,13-17H2,1-4H3,(H,27,30). The highest BCUT2D eigenvalue weighted by Gasteiger charge is 2.22. The van der Waals surface area contributed by atoms with Crippen molar-refractivity contribution >= 4 is 11.7 Å². The third-order valence-corrected chi connectivity index (χ3v) is 5.86. The summed E-state index contributed by atoms with van der Waals surface area (Å²) in [5, 5.41) is 2.95. The van der Waals surface area contributed by atoms with Crippen molar-refractivity contribution in [1.82, 2.24) is 10.2 Å². The molecule has 2 aromatic rings. The van der Waals surface area contributed by atoms with E-state index in [4.69, 9.17) is 9.47 Å². The third-order valence-electron chi connectivity index (χ3n) is 5.86. The summed E-state index contributed by atoms with van der Waals surface area (Å²) in [6.07, 6.45) is 1.29. The summed E-state index contributed by atoms with van der Waals surface area (Å²) in [5.41, 5.74) is 2.90. The second kappa shape index (κ2) is 11.1. The van der Waals surface area contributed by atoms with Gasteiger partial charge < -0.3 is 14.8 Å². The lowest BCUT2D eigenvalue weighted by atomic mass is 9.91. The molecule has 0 bridgehead atoms. The Morgan fingerprint density at radius 3 is 2.38 bits per heavy atom. The molecule has 1 N–H and O–H groups in total. The Labute approximate surface area is 190 Å². The molecule has 0 aliphatic carbocycles. The zero-order valence-corrected chi connectivity index (χ0v) is 19.5. The van der Waals surface area contributed by atoms with E-state index < -0.39 is 0 Å². The van der Waals surface area contributed by atoms with Crippen LogP contribution in [0.4, 0.5) is 0 Å². The number of nitrogens with one attached hydrogen (secondary N) is 1. The number of benzene rings is 2. The Morgan fingerprint density at radius 2 is 1.72 bits per heavy atom. The van der Waals surface area contributed by atoms with Crippen molar-refractivity contribution < 1.29 is 19.1 Å². The average Bonchev–Trinajstić information content (AvgIpc) is 2.76. The summed E-state index contributed by atoms with van der Waals surface area (Å²) >= 11 is 0. The molecule has 1 fully saturated rings. The fourth-order valence-electron chi connectivity index (χ4n) is 4.44. The highest BCUT2D eigenvalue weighted by Crippen LogP contribution is 2.28. The molecule has 6 nitrogen and oxygen atoms in total. The summed E-state index contributed by atoms with van der Waals surface area (Å²) in [5.74, 6) is 2.02. The van der Waals surface area contributed by atoms with Crippen LogP contribution in [0, 0.1) is 11.8 Å². The SMILES string of the molecule is COc1cc(C(C)=O)ccc1OCC(=O)NCc1ccccc1CN1CC(C)CC(C)C1. The van der Waals surface area contributed by atoms with Crippen LogP contribution in [0.3, 0.4) is 0 Å². The lowest BCUT2D eigenvalue weighted by Crippen LogP contribution is -2.38. The van der Waals surface area contributed by atoms with Gasteiger partial charge in [0.05, 0.1) is 7.11 Å². The van der Waals surface area contributed by atoms with Crippen molar-refractivity contribution in [1.29, 1.82) is 0 Å². The van der Waals surface area contributed by atoms with Gasteiger partial charge in [-0.1, -0.05) is 38.1 Å². The van der Waals surface area contributed by atoms with E-state index in [-0.39, 0.29) is 18.3 Å². The molecule has 3 rings (SSSR count). The Hall–Kier alpha value is -2.86. The molecule has 1 heterocycles. The minimum atomic E-state index is -0.210. The number of rotatable bonds is 9. The van der Waals surface area contributed by atoms with Crippen LogP contribution in [0.25, 0.3) is 0 Å². The van der Waals surface area contributed by atoms with Crippen molar-refractivity contribution in [2.45, 2.75) is 40.3 Å². The zero-order valence-electron chi connectivity index (χ0n) is 19.5. The van der Waals surface area contributed by atoms with Crippen LogP contribution in [-0.4, -0.2) is 43.4 Å². The number of carbonyl (C=O) groups is 2. The Morgan fingerprint density at radius 1 is 1.03 bits per heavy atom. The molecule has 0 radical (unpaired) electrons. The number of piperidine rings is 1. The fourth-order valence-corrected chi connectivity index (χ4v) is 4.44. The molecule has 2 atom stereocenters. The van der Waals surface area contributed by atoms with Crippen LogP contribution in [0.5, 0.6) is 11.5 Å². The van der Waals surface area contributed by atoms with Gasteiger partial charge in [-0.3, -0.25) is 14.5 Å². The molecule has 0 saturated carbocycles. The van der Waals surface area contributed by atoms with Gasteiger partial charge in [0.1, 0.15) is 0 Å². The second-order valence-corrected chi connectivity index (χ2v) is 8.90. The summed E-state index contributed by atoms with van der Waals surface area (Å²) < 4.78 is 10.9. The van der Waals surface area contributed by atoms with Gasteiger partial charge in [-0.05, 0) is 54.5 Å². The molecule has 0 spiro atoms. The zero-order chi connectivity index (χ0) is 23.1. The van der Waals surface area contributed by atoms with Gasteiger partial charge in [0.2, 0.25) is 0 Å². The highest BCUT2D eigenvalue weighted by molar-refractivity contribution is 5.94. The number of carbonyl (C=O) groups excluding carboxylic acids is 2. The van der Waals surface area contributed by atoms with E-state index in [1.165, 1.54) is 26.0 Å². The van der Waals surface area contributed by atoms with Crippen LogP contribution >= 0.6 is 0 Å². The maximum atomic E-state index is 12.4. The largest absolute Gasteiger partial charge is 0.493 e. The molecular formula is C26H34N2O4. The number of ketones is 1. The Kier molecular flexibility index (Phi) is 8.28. The van der Waals surface area contributed by atoms with Gasteiger partial charge in [0, 0.05) is 31.7 Å².